The van der Waals surface area contributed by atoms with Crippen LogP contribution in [0.15, 0.2) is 11.4 Å². The number of nitrogens with zero attached hydrogens (tertiary/aromatic N) is 1. The highest BCUT2D eigenvalue weighted by Gasteiger charge is 2.22. The van der Waals surface area contributed by atoms with Gasteiger partial charge in [0.1, 0.15) is 5.00 Å². The predicted octanol–water partition coefficient (Wildman–Crippen LogP) is 1.57. The van der Waals surface area contributed by atoms with E-state index in [4.69, 9.17) is 4.74 Å². The van der Waals surface area contributed by atoms with E-state index in [0.717, 1.165) is 25.9 Å². The first-order valence-corrected chi connectivity index (χ1v) is 8.39. The number of hydrogen-bond acceptors (Lipinski definition) is 6. The lowest BCUT2D eigenvalue weighted by Crippen LogP contribution is -2.41. The van der Waals surface area contributed by atoms with Crippen LogP contribution in [0.1, 0.15) is 30.1 Å². The fourth-order valence-electron chi connectivity index (χ4n) is 2.59. The monoisotopic (exact) mass is 326 g/mol. The Morgan fingerprint density at radius 3 is 3.09 bits per heavy atom. The average molecular weight is 326 g/mol. The molecule has 0 spiro atoms. The summed E-state index contributed by atoms with van der Waals surface area (Å²) < 4.78 is 4.97. The Morgan fingerprint density at radius 2 is 2.36 bits per heavy atom. The molecule has 1 fully saturated rings. The molecule has 1 aromatic rings. The first-order valence-electron chi connectivity index (χ1n) is 7.51. The van der Waals surface area contributed by atoms with E-state index < -0.39 is 5.97 Å². The lowest BCUT2D eigenvalue weighted by atomic mass is 9.99. The van der Waals surface area contributed by atoms with E-state index in [-0.39, 0.29) is 25.0 Å². The zero-order valence-electron chi connectivity index (χ0n) is 12.7. The third-order valence-electron chi connectivity index (χ3n) is 3.64. The molecule has 0 aliphatic carbocycles. The number of rotatable bonds is 6. The fraction of sp³-hybridized carbons (Fsp3) is 0.600. The van der Waals surface area contributed by atoms with Gasteiger partial charge in [0.15, 0.2) is 0 Å². The van der Waals surface area contributed by atoms with Gasteiger partial charge in [0.25, 0.3) is 0 Å². The third-order valence-corrected chi connectivity index (χ3v) is 4.47. The van der Waals surface area contributed by atoms with Crippen LogP contribution in [0.2, 0.25) is 0 Å². The Morgan fingerprint density at radius 1 is 1.55 bits per heavy atom. The highest BCUT2D eigenvalue weighted by molar-refractivity contribution is 7.14. The number of carbonyl (C=O) groups excluding carboxylic acids is 2. The number of thiophene rings is 1. The molecule has 1 atom stereocenters. The lowest BCUT2D eigenvalue weighted by molar-refractivity contribution is -0.117. The SMILES string of the molecule is CCOC(=O)c1ccsc1NC(=O)CN1CCC[C@@H](CO)C1. The molecule has 7 heteroatoms. The van der Waals surface area contributed by atoms with Crippen LogP contribution >= 0.6 is 11.3 Å². The van der Waals surface area contributed by atoms with Crippen LogP contribution < -0.4 is 5.32 Å². The Balaban J connectivity index is 1.90. The molecule has 1 aliphatic rings. The van der Waals surface area contributed by atoms with Gasteiger partial charge in [-0.2, -0.15) is 0 Å². The van der Waals surface area contributed by atoms with Crippen LogP contribution in [-0.2, 0) is 9.53 Å². The number of ether oxygens (including phenoxy) is 1. The maximum Gasteiger partial charge on any atom is 0.341 e. The maximum absolute atomic E-state index is 12.1. The van der Waals surface area contributed by atoms with Crippen molar-refractivity contribution in [3.63, 3.8) is 0 Å². The minimum Gasteiger partial charge on any atom is -0.462 e. The molecule has 0 bridgehead atoms. The first kappa shape index (κ1) is 16.9. The molecule has 1 aliphatic heterocycles. The van der Waals surface area contributed by atoms with Crippen molar-refractivity contribution in [3.05, 3.63) is 17.0 Å². The molecule has 0 unspecified atom stereocenters. The molecule has 1 saturated heterocycles. The Labute approximate surface area is 134 Å². The van der Waals surface area contributed by atoms with Crippen molar-refractivity contribution in [2.75, 3.05) is 38.2 Å². The molecule has 0 aromatic carbocycles. The Bertz CT molecular complexity index is 517. The quantitative estimate of drug-likeness (QED) is 0.776. The summed E-state index contributed by atoms with van der Waals surface area (Å²) in [4.78, 5) is 26.0. The standard InChI is InChI=1S/C15H22N2O4S/c1-2-21-15(20)12-5-7-22-14(12)16-13(19)9-17-6-3-4-11(8-17)10-18/h5,7,11,18H,2-4,6,8-10H2,1H3,(H,16,19)/t11-/m1/s1. The van der Waals surface area contributed by atoms with Gasteiger partial charge in [0.2, 0.25) is 5.91 Å². The number of anilines is 1. The van der Waals surface area contributed by atoms with Crippen LogP contribution in [0, 0.1) is 5.92 Å². The summed E-state index contributed by atoms with van der Waals surface area (Å²) >= 11 is 1.31. The molecular weight excluding hydrogens is 304 g/mol. The third kappa shape index (κ3) is 4.53. The molecule has 0 saturated carbocycles. The second-order valence-electron chi connectivity index (χ2n) is 5.36. The van der Waals surface area contributed by atoms with E-state index in [1.807, 2.05) is 4.90 Å². The van der Waals surface area contributed by atoms with Gasteiger partial charge in [-0.3, -0.25) is 9.69 Å². The number of hydrogen-bond donors (Lipinski definition) is 2. The van der Waals surface area contributed by atoms with Gasteiger partial charge in [0, 0.05) is 13.2 Å². The van der Waals surface area contributed by atoms with E-state index in [9.17, 15) is 14.7 Å². The van der Waals surface area contributed by atoms with Gasteiger partial charge in [-0.15, -0.1) is 11.3 Å². The zero-order valence-corrected chi connectivity index (χ0v) is 13.5. The molecule has 2 rings (SSSR count). The number of amides is 1. The minimum atomic E-state index is -0.419. The van der Waals surface area contributed by atoms with Crippen molar-refractivity contribution in [1.82, 2.24) is 4.90 Å². The summed E-state index contributed by atoms with van der Waals surface area (Å²) in [5.41, 5.74) is 0.395. The van der Waals surface area contributed by atoms with Gasteiger partial charge in [-0.1, -0.05) is 0 Å². The molecular formula is C15H22N2O4S. The number of esters is 1. The Kier molecular flexibility index (Phi) is 6.35. The van der Waals surface area contributed by atoms with E-state index in [0.29, 0.717) is 17.2 Å². The van der Waals surface area contributed by atoms with Crippen molar-refractivity contribution < 1.29 is 19.4 Å². The van der Waals surface area contributed by atoms with Crippen molar-refractivity contribution in [1.29, 1.82) is 0 Å². The number of carbonyl (C=O) groups is 2. The summed E-state index contributed by atoms with van der Waals surface area (Å²) in [5, 5.41) is 14.3. The van der Waals surface area contributed by atoms with Crippen LogP contribution in [0.4, 0.5) is 5.00 Å². The molecule has 1 amide bonds. The number of aliphatic hydroxyl groups is 1. The molecule has 2 heterocycles. The van der Waals surface area contributed by atoms with Crippen LogP contribution in [0.3, 0.4) is 0 Å². The van der Waals surface area contributed by atoms with Gasteiger partial charge >= 0.3 is 5.97 Å². The normalized spacial score (nSPS) is 18.9. The van der Waals surface area contributed by atoms with E-state index in [1.54, 1.807) is 18.4 Å². The van der Waals surface area contributed by atoms with E-state index in [2.05, 4.69) is 5.32 Å². The highest BCUT2D eigenvalue weighted by atomic mass is 32.1. The van der Waals surface area contributed by atoms with Crippen molar-refractivity contribution in [2.24, 2.45) is 5.92 Å². The molecule has 2 N–H and O–H groups in total. The maximum atomic E-state index is 12.1. The fourth-order valence-corrected chi connectivity index (χ4v) is 3.38. The molecule has 0 radical (unpaired) electrons. The summed E-state index contributed by atoms with van der Waals surface area (Å²) in [6.07, 6.45) is 2.00. The number of aliphatic hydroxyl groups excluding tert-OH is 1. The second kappa shape index (κ2) is 8.26. The smallest absolute Gasteiger partial charge is 0.341 e. The van der Waals surface area contributed by atoms with E-state index >= 15 is 0 Å². The second-order valence-corrected chi connectivity index (χ2v) is 6.27. The van der Waals surface area contributed by atoms with Gasteiger partial charge in [-0.05, 0) is 43.7 Å². The number of likely N-dealkylation sites (tertiary alicyclic amines) is 1. The molecule has 122 valence electrons. The lowest BCUT2D eigenvalue weighted by Gasteiger charge is -2.31. The topological polar surface area (TPSA) is 78.9 Å². The minimum absolute atomic E-state index is 0.147. The number of piperidine rings is 1. The van der Waals surface area contributed by atoms with Gasteiger partial charge in [-0.25, -0.2) is 4.79 Å². The first-order chi connectivity index (χ1) is 10.6. The van der Waals surface area contributed by atoms with E-state index in [1.165, 1.54) is 11.3 Å². The molecule has 22 heavy (non-hydrogen) atoms. The number of nitrogens with one attached hydrogen (secondary N) is 1. The largest absolute Gasteiger partial charge is 0.462 e. The van der Waals surface area contributed by atoms with Crippen LogP contribution in [-0.4, -0.2) is 54.7 Å². The van der Waals surface area contributed by atoms with Crippen LogP contribution in [0.5, 0.6) is 0 Å². The summed E-state index contributed by atoms with van der Waals surface area (Å²) in [6.45, 7) is 4.08. The van der Waals surface area contributed by atoms with Crippen molar-refractivity contribution >= 4 is 28.2 Å². The average Bonchev–Trinajstić information content (AvgIpc) is 2.95. The summed E-state index contributed by atoms with van der Waals surface area (Å²) in [5.74, 6) is -0.317. The van der Waals surface area contributed by atoms with Gasteiger partial charge in [0.05, 0.1) is 18.7 Å². The van der Waals surface area contributed by atoms with Gasteiger partial charge < -0.3 is 15.2 Å². The molecule has 6 nitrogen and oxygen atoms in total. The van der Waals surface area contributed by atoms with Crippen molar-refractivity contribution in [3.8, 4) is 0 Å². The summed E-state index contributed by atoms with van der Waals surface area (Å²) in [6, 6.07) is 1.65. The molecule has 1 aromatic heterocycles. The highest BCUT2D eigenvalue weighted by Crippen LogP contribution is 2.24. The Hall–Kier alpha value is -1.44. The zero-order chi connectivity index (χ0) is 15.9. The van der Waals surface area contributed by atoms with Crippen molar-refractivity contribution in [2.45, 2.75) is 19.8 Å². The predicted molar refractivity (Wildman–Crippen MR) is 85.2 cm³/mol. The summed E-state index contributed by atoms with van der Waals surface area (Å²) in [7, 11) is 0. The van der Waals surface area contributed by atoms with Crippen LogP contribution in [0.25, 0.3) is 0 Å².